The topological polar surface area (TPSA) is 38.3 Å². The number of carbonyl (C=O) groups excluding carboxylic acids is 1. The Hall–Kier alpha value is -0.380. The quantitative estimate of drug-likeness (QED) is 0.671. The summed E-state index contributed by atoms with van der Waals surface area (Å²) in [6.45, 7) is 6.34. The van der Waals surface area contributed by atoms with Gasteiger partial charge in [-0.25, -0.2) is 4.79 Å². The van der Waals surface area contributed by atoms with Crippen molar-refractivity contribution in [2.75, 3.05) is 12.4 Å². The van der Waals surface area contributed by atoms with Crippen LogP contribution in [0.3, 0.4) is 0 Å². The predicted molar refractivity (Wildman–Crippen MR) is 50.5 cm³/mol. The van der Waals surface area contributed by atoms with Crippen LogP contribution < -0.4 is 5.32 Å². The highest BCUT2D eigenvalue weighted by atomic mass is 32.2. The van der Waals surface area contributed by atoms with Gasteiger partial charge in [0.2, 0.25) is 0 Å². The first-order valence-corrected chi connectivity index (χ1v) is 5.09. The first-order valence-electron chi connectivity index (χ1n) is 4.04. The third-order valence-electron chi connectivity index (χ3n) is 1.28. The van der Waals surface area contributed by atoms with Crippen LogP contribution in [0.4, 0.5) is 4.79 Å². The molecule has 1 N–H and O–H groups in total. The molecule has 0 aromatic rings. The van der Waals surface area contributed by atoms with Gasteiger partial charge in [0.15, 0.2) is 0 Å². The van der Waals surface area contributed by atoms with Crippen molar-refractivity contribution in [3.8, 4) is 0 Å². The van der Waals surface area contributed by atoms with E-state index in [1.165, 1.54) is 0 Å². The van der Waals surface area contributed by atoms with Gasteiger partial charge >= 0.3 is 6.09 Å². The van der Waals surface area contributed by atoms with Gasteiger partial charge in [0.05, 0.1) is 0 Å². The molecule has 70 valence electrons. The van der Waals surface area contributed by atoms with E-state index in [0.29, 0.717) is 11.9 Å². The molecule has 1 aliphatic rings. The van der Waals surface area contributed by atoms with E-state index in [1.54, 1.807) is 0 Å². The minimum atomic E-state index is -0.310. The molecule has 0 aromatic heterocycles. The van der Waals surface area contributed by atoms with Crippen molar-refractivity contribution in [2.24, 2.45) is 0 Å². The summed E-state index contributed by atoms with van der Waals surface area (Å²) in [6, 6.07) is 0. The monoisotopic (exact) mass is 189 g/mol. The van der Waals surface area contributed by atoms with E-state index < -0.39 is 0 Å². The SMILES string of the molecule is CC(C)(C)NC(=O)OC[C@@H]1CS1. The van der Waals surface area contributed by atoms with Crippen molar-refractivity contribution in [1.29, 1.82) is 0 Å². The highest BCUT2D eigenvalue weighted by Crippen LogP contribution is 2.29. The number of carbonyl (C=O) groups is 1. The number of hydrogen-bond donors (Lipinski definition) is 1. The fraction of sp³-hybridized carbons (Fsp3) is 0.875. The predicted octanol–water partition coefficient (Wildman–Crippen LogP) is 1.63. The van der Waals surface area contributed by atoms with Crippen molar-refractivity contribution >= 4 is 17.9 Å². The van der Waals surface area contributed by atoms with E-state index in [9.17, 15) is 4.79 Å². The fourth-order valence-corrected chi connectivity index (χ4v) is 1.07. The van der Waals surface area contributed by atoms with Crippen LogP contribution >= 0.6 is 11.8 Å². The average molecular weight is 189 g/mol. The molecule has 1 amide bonds. The largest absolute Gasteiger partial charge is 0.448 e. The molecule has 12 heavy (non-hydrogen) atoms. The maximum atomic E-state index is 11.0. The number of thioether (sulfide) groups is 1. The Morgan fingerprint density at radius 3 is 2.67 bits per heavy atom. The van der Waals surface area contributed by atoms with Crippen LogP contribution in [0.15, 0.2) is 0 Å². The molecule has 0 saturated carbocycles. The van der Waals surface area contributed by atoms with Gasteiger partial charge in [0, 0.05) is 16.5 Å². The summed E-state index contributed by atoms with van der Waals surface area (Å²) in [5.41, 5.74) is -0.201. The molecule has 0 aromatic carbocycles. The van der Waals surface area contributed by atoms with Crippen LogP contribution in [0.5, 0.6) is 0 Å². The maximum Gasteiger partial charge on any atom is 0.407 e. The number of amides is 1. The highest BCUT2D eigenvalue weighted by molar-refractivity contribution is 8.06. The van der Waals surface area contributed by atoms with Gasteiger partial charge in [-0.05, 0) is 20.8 Å². The van der Waals surface area contributed by atoms with Crippen molar-refractivity contribution in [3.05, 3.63) is 0 Å². The molecule has 1 rings (SSSR count). The van der Waals surface area contributed by atoms with Crippen molar-refractivity contribution in [3.63, 3.8) is 0 Å². The molecule has 1 aliphatic heterocycles. The first-order chi connectivity index (χ1) is 5.47. The van der Waals surface area contributed by atoms with E-state index in [0.717, 1.165) is 5.75 Å². The summed E-state index contributed by atoms with van der Waals surface area (Å²) in [4.78, 5) is 11.0. The molecule has 1 atom stereocenters. The highest BCUT2D eigenvalue weighted by Gasteiger charge is 2.24. The summed E-state index contributed by atoms with van der Waals surface area (Å²) in [5, 5.41) is 3.28. The maximum absolute atomic E-state index is 11.0. The lowest BCUT2D eigenvalue weighted by atomic mass is 10.1. The third-order valence-corrected chi connectivity index (χ3v) is 2.22. The summed E-state index contributed by atoms with van der Waals surface area (Å²) in [6.07, 6.45) is -0.310. The summed E-state index contributed by atoms with van der Waals surface area (Å²) in [5.74, 6) is 1.13. The van der Waals surface area contributed by atoms with Gasteiger partial charge in [-0.3, -0.25) is 0 Å². The second-order valence-corrected chi connectivity index (χ2v) is 5.26. The third kappa shape index (κ3) is 4.49. The zero-order valence-corrected chi connectivity index (χ0v) is 8.53. The zero-order valence-electron chi connectivity index (χ0n) is 7.72. The van der Waals surface area contributed by atoms with Gasteiger partial charge in [0.1, 0.15) is 6.61 Å². The number of nitrogens with one attached hydrogen (secondary N) is 1. The standard InChI is InChI=1S/C8H15NO2S/c1-8(2,3)9-7(10)11-4-6-5-12-6/h6H,4-5H2,1-3H3,(H,9,10)/t6-/m1/s1. The van der Waals surface area contributed by atoms with Crippen LogP contribution in [-0.4, -0.2) is 29.2 Å². The Balaban J connectivity index is 2.10. The van der Waals surface area contributed by atoms with Crippen LogP contribution in [0.1, 0.15) is 20.8 Å². The molecule has 1 fully saturated rings. The Morgan fingerprint density at radius 1 is 1.67 bits per heavy atom. The number of alkyl carbamates (subject to hydrolysis) is 1. The Labute approximate surface area is 77.2 Å². The average Bonchev–Trinajstić information content (AvgIpc) is 2.61. The molecule has 0 bridgehead atoms. The summed E-state index contributed by atoms with van der Waals surface area (Å²) < 4.78 is 4.97. The Bertz CT molecular complexity index is 172. The van der Waals surface area contributed by atoms with Crippen LogP contribution in [0, 0.1) is 0 Å². The van der Waals surface area contributed by atoms with E-state index in [2.05, 4.69) is 5.32 Å². The van der Waals surface area contributed by atoms with E-state index in [1.807, 2.05) is 32.5 Å². The Morgan fingerprint density at radius 2 is 2.25 bits per heavy atom. The van der Waals surface area contributed by atoms with E-state index >= 15 is 0 Å². The molecule has 4 heteroatoms. The lowest BCUT2D eigenvalue weighted by molar-refractivity contribution is 0.141. The van der Waals surface area contributed by atoms with Crippen molar-refractivity contribution in [1.82, 2.24) is 5.32 Å². The van der Waals surface area contributed by atoms with Gasteiger partial charge < -0.3 is 10.1 Å². The van der Waals surface area contributed by atoms with Crippen LogP contribution in [0.2, 0.25) is 0 Å². The van der Waals surface area contributed by atoms with Crippen LogP contribution in [-0.2, 0) is 4.74 Å². The van der Waals surface area contributed by atoms with Crippen LogP contribution in [0.25, 0.3) is 0 Å². The van der Waals surface area contributed by atoms with Crippen molar-refractivity contribution < 1.29 is 9.53 Å². The minimum absolute atomic E-state index is 0.201. The normalized spacial score (nSPS) is 21.8. The lowest BCUT2D eigenvalue weighted by Crippen LogP contribution is -2.41. The Kier molecular flexibility index (Phi) is 2.88. The second-order valence-electron chi connectivity index (χ2n) is 3.93. The summed E-state index contributed by atoms with van der Waals surface area (Å²) >= 11 is 1.82. The molecule has 1 heterocycles. The van der Waals surface area contributed by atoms with Gasteiger partial charge in [0.25, 0.3) is 0 Å². The molecular formula is C8H15NO2S. The van der Waals surface area contributed by atoms with Crippen molar-refractivity contribution in [2.45, 2.75) is 31.6 Å². The zero-order chi connectivity index (χ0) is 9.19. The smallest absolute Gasteiger partial charge is 0.407 e. The molecule has 1 saturated heterocycles. The second kappa shape index (κ2) is 3.56. The fourth-order valence-electron chi connectivity index (χ4n) is 0.675. The lowest BCUT2D eigenvalue weighted by Gasteiger charge is -2.19. The molecule has 0 aliphatic carbocycles. The first kappa shape index (κ1) is 9.71. The molecule has 0 unspecified atom stereocenters. The van der Waals surface area contributed by atoms with Gasteiger partial charge in [-0.15, -0.1) is 0 Å². The number of rotatable bonds is 2. The van der Waals surface area contributed by atoms with E-state index in [4.69, 9.17) is 4.74 Å². The molecule has 0 radical (unpaired) electrons. The van der Waals surface area contributed by atoms with E-state index in [-0.39, 0.29) is 11.6 Å². The summed E-state index contributed by atoms with van der Waals surface area (Å²) in [7, 11) is 0. The molecule has 0 spiro atoms. The minimum Gasteiger partial charge on any atom is -0.448 e. The number of ether oxygens (including phenoxy) is 1. The van der Waals surface area contributed by atoms with Gasteiger partial charge in [-0.2, -0.15) is 11.8 Å². The van der Waals surface area contributed by atoms with Gasteiger partial charge in [-0.1, -0.05) is 0 Å². The number of hydrogen-bond acceptors (Lipinski definition) is 3. The molecular weight excluding hydrogens is 174 g/mol. The molecule has 3 nitrogen and oxygen atoms in total.